The van der Waals surface area contributed by atoms with Crippen LogP contribution >= 0.6 is 0 Å². The molecule has 0 spiro atoms. The van der Waals surface area contributed by atoms with E-state index in [1.54, 1.807) is 0 Å². The number of fused-ring (bicyclic) bond motifs is 1. The first-order valence-corrected chi connectivity index (χ1v) is 8.84. The summed E-state index contributed by atoms with van der Waals surface area (Å²) in [6.45, 7) is 8.92. The van der Waals surface area contributed by atoms with Gasteiger partial charge in [-0.1, -0.05) is 43.7 Å². The molecular weight excluding hydrogens is 256 g/mol. The molecule has 116 valence electrons. The van der Waals surface area contributed by atoms with E-state index in [9.17, 15) is 0 Å². The maximum atomic E-state index is 2.75. The van der Waals surface area contributed by atoms with Crippen LogP contribution in [0.5, 0.6) is 0 Å². The second-order valence-electron chi connectivity index (χ2n) is 6.94. The summed E-state index contributed by atoms with van der Waals surface area (Å²) >= 11 is 0. The first kappa shape index (κ1) is 15.1. The smallest absolute Gasteiger partial charge is 0.0223 e. The molecule has 2 fully saturated rings. The first-order valence-electron chi connectivity index (χ1n) is 8.84. The summed E-state index contributed by atoms with van der Waals surface area (Å²) in [6, 6.07) is 11.8. The fourth-order valence-electron chi connectivity index (χ4n) is 3.98. The van der Waals surface area contributed by atoms with Gasteiger partial charge < -0.3 is 4.90 Å². The highest BCUT2D eigenvalue weighted by atomic mass is 15.2. The van der Waals surface area contributed by atoms with Crippen LogP contribution in [0.2, 0.25) is 0 Å². The number of benzene rings is 1. The van der Waals surface area contributed by atoms with Crippen LogP contribution < -0.4 is 0 Å². The molecule has 1 aromatic carbocycles. The van der Waals surface area contributed by atoms with E-state index in [1.807, 2.05) is 0 Å². The number of hydrogen-bond donors (Lipinski definition) is 0. The van der Waals surface area contributed by atoms with Crippen molar-refractivity contribution in [3.05, 3.63) is 35.9 Å². The molecule has 2 aliphatic rings. The topological polar surface area (TPSA) is 6.48 Å². The predicted molar refractivity (Wildman–Crippen MR) is 89.7 cm³/mol. The van der Waals surface area contributed by atoms with Crippen molar-refractivity contribution in [1.29, 1.82) is 0 Å². The highest BCUT2D eigenvalue weighted by Gasteiger charge is 2.26. The van der Waals surface area contributed by atoms with Crippen molar-refractivity contribution in [2.45, 2.75) is 51.0 Å². The van der Waals surface area contributed by atoms with E-state index in [0.29, 0.717) is 5.92 Å². The van der Waals surface area contributed by atoms with Gasteiger partial charge in [0.2, 0.25) is 0 Å². The van der Waals surface area contributed by atoms with Crippen molar-refractivity contribution < 1.29 is 0 Å². The third kappa shape index (κ3) is 4.08. The van der Waals surface area contributed by atoms with Gasteiger partial charge in [-0.15, -0.1) is 0 Å². The number of rotatable bonds is 4. The zero-order valence-corrected chi connectivity index (χ0v) is 13.5. The normalized spacial score (nSPS) is 26.0. The van der Waals surface area contributed by atoms with Crippen molar-refractivity contribution in [2.24, 2.45) is 0 Å². The second-order valence-corrected chi connectivity index (χ2v) is 6.94. The van der Waals surface area contributed by atoms with E-state index in [1.165, 1.54) is 70.4 Å². The second kappa shape index (κ2) is 7.42. The maximum Gasteiger partial charge on any atom is 0.0223 e. The summed E-state index contributed by atoms with van der Waals surface area (Å²) in [5.74, 6) is 0.678. The molecule has 0 aromatic heterocycles. The van der Waals surface area contributed by atoms with Gasteiger partial charge in [-0.25, -0.2) is 0 Å². The van der Waals surface area contributed by atoms with Gasteiger partial charge in [0.1, 0.15) is 0 Å². The summed E-state index contributed by atoms with van der Waals surface area (Å²) in [6.07, 6.45) is 6.93. The highest BCUT2D eigenvalue weighted by Crippen LogP contribution is 2.23. The van der Waals surface area contributed by atoms with E-state index >= 15 is 0 Å². The molecule has 0 N–H and O–H groups in total. The minimum atomic E-state index is 0.678. The number of hydrogen-bond acceptors (Lipinski definition) is 2. The largest absolute Gasteiger partial charge is 0.302 e. The Kier molecular flexibility index (Phi) is 5.32. The molecule has 0 saturated carbocycles. The summed E-state index contributed by atoms with van der Waals surface area (Å²) in [7, 11) is 0. The van der Waals surface area contributed by atoms with E-state index < -0.39 is 0 Å². The molecule has 0 radical (unpaired) electrons. The molecule has 2 nitrogen and oxygen atoms in total. The average molecular weight is 286 g/mol. The van der Waals surface area contributed by atoms with Crippen molar-refractivity contribution in [3.8, 4) is 0 Å². The minimum Gasteiger partial charge on any atom is -0.302 e. The van der Waals surface area contributed by atoms with Gasteiger partial charge in [0.05, 0.1) is 0 Å². The van der Waals surface area contributed by atoms with Gasteiger partial charge in [-0.3, -0.25) is 4.90 Å². The molecule has 3 rings (SSSR count). The average Bonchev–Trinajstić information content (AvgIpc) is 2.75. The van der Waals surface area contributed by atoms with Gasteiger partial charge in [-0.2, -0.15) is 0 Å². The lowest BCUT2D eigenvalue weighted by Crippen LogP contribution is -2.44. The SMILES string of the molecule is CC(CCN1CCCN2CCCCC2C1)c1ccccc1. The maximum absolute atomic E-state index is 2.75. The Hall–Kier alpha value is -0.860. The molecule has 2 heterocycles. The van der Waals surface area contributed by atoms with Gasteiger partial charge in [0.15, 0.2) is 0 Å². The Labute approximate surface area is 130 Å². The van der Waals surface area contributed by atoms with Crippen molar-refractivity contribution in [2.75, 3.05) is 32.7 Å². The van der Waals surface area contributed by atoms with Crippen LogP contribution in [0.4, 0.5) is 0 Å². The van der Waals surface area contributed by atoms with E-state index in [-0.39, 0.29) is 0 Å². The minimum absolute atomic E-state index is 0.678. The van der Waals surface area contributed by atoms with Gasteiger partial charge in [-0.05, 0) is 63.3 Å². The Morgan fingerprint density at radius 2 is 1.86 bits per heavy atom. The van der Waals surface area contributed by atoms with E-state index in [4.69, 9.17) is 0 Å². The molecular formula is C19H30N2. The third-order valence-electron chi connectivity index (χ3n) is 5.38. The van der Waals surface area contributed by atoms with Crippen LogP contribution in [0.1, 0.15) is 50.5 Å². The van der Waals surface area contributed by atoms with Gasteiger partial charge >= 0.3 is 0 Å². The lowest BCUT2D eigenvalue weighted by atomic mass is 9.97. The Morgan fingerprint density at radius 1 is 1.05 bits per heavy atom. The van der Waals surface area contributed by atoms with Crippen LogP contribution in [0.3, 0.4) is 0 Å². The fraction of sp³-hybridized carbons (Fsp3) is 0.684. The van der Waals surface area contributed by atoms with E-state index in [2.05, 4.69) is 47.1 Å². The van der Waals surface area contributed by atoms with Crippen molar-refractivity contribution in [3.63, 3.8) is 0 Å². The standard InChI is InChI=1S/C19H30N2/c1-17(18-8-3-2-4-9-18)11-15-20-12-7-14-21-13-6-5-10-19(21)16-20/h2-4,8-9,17,19H,5-7,10-16H2,1H3. The van der Waals surface area contributed by atoms with E-state index in [0.717, 1.165) is 6.04 Å². The van der Waals surface area contributed by atoms with Gasteiger partial charge in [0.25, 0.3) is 0 Å². The summed E-state index contributed by atoms with van der Waals surface area (Å²) < 4.78 is 0. The summed E-state index contributed by atoms with van der Waals surface area (Å²) in [4.78, 5) is 5.49. The lowest BCUT2D eigenvalue weighted by molar-refractivity contribution is 0.136. The van der Waals surface area contributed by atoms with Crippen LogP contribution in [-0.4, -0.2) is 48.6 Å². The predicted octanol–water partition coefficient (Wildman–Crippen LogP) is 3.74. The molecule has 0 bridgehead atoms. The quantitative estimate of drug-likeness (QED) is 0.832. The van der Waals surface area contributed by atoms with Crippen LogP contribution in [-0.2, 0) is 0 Å². The molecule has 0 aliphatic carbocycles. The van der Waals surface area contributed by atoms with Crippen molar-refractivity contribution in [1.82, 2.24) is 9.80 Å². The Balaban J connectivity index is 1.50. The lowest BCUT2D eigenvalue weighted by Gasteiger charge is -2.35. The van der Waals surface area contributed by atoms with Gasteiger partial charge in [0, 0.05) is 12.6 Å². The molecule has 2 aliphatic heterocycles. The van der Waals surface area contributed by atoms with Crippen LogP contribution in [0, 0.1) is 0 Å². The number of piperidine rings is 1. The molecule has 21 heavy (non-hydrogen) atoms. The van der Waals surface area contributed by atoms with Crippen LogP contribution in [0.15, 0.2) is 30.3 Å². The highest BCUT2D eigenvalue weighted by molar-refractivity contribution is 5.18. The molecule has 2 heteroatoms. The monoisotopic (exact) mass is 286 g/mol. The molecule has 1 aromatic rings. The first-order chi connectivity index (χ1) is 10.3. The fourth-order valence-corrected chi connectivity index (χ4v) is 3.98. The number of nitrogens with zero attached hydrogens (tertiary/aromatic N) is 2. The zero-order chi connectivity index (χ0) is 14.5. The Bertz CT molecular complexity index is 417. The van der Waals surface area contributed by atoms with Crippen molar-refractivity contribution >= 4 is 0 Å². The Morgan fingerprint density at radius 3 is 2.71 bits per heavy atom. The molecule has 0 amide bonds. The summed E-state index contributed by atoms with van der Waals surface area (Å²) in [5.41, 5.74) is 1.49. The third-order valence-corrected chi connectivity index (χ3v) is 5.38. The molecule has 2 atom stereocenters. The molecule has 2 unspecified atom stereocenters. The van der Waals surface area contributed by atoms with Crippen LogP contribution in [0.25, 0.3) is 0 Å². The zero-order valence-electron chi connectivity index (χ0n) is 13.5. The molecule has 2 saturated heterocycles. The summed E-state index contributed by atoms with van der Waals surface area (Å²) in [5, 5.41) is 0.